The first kappa shape index (κ1) is 15.2. The number of fused-ring (bicyclic) bond motifs is 1. The SMILES string of the molecule is C#CCOc1cccc(NC(=O)CC2CCc3ccccc32)c1. The number of benzene rings is 2. The van der Waals surface area contributed by atoms with E-state index in [4.69, 9.17) is 11.2 Å². The van der Waals surface area contributed by atoms with Crippen LogP contribution in [0.3, 0.4) is 0 Å². The highest BCUT2D eigenvalue weighted by Crippen LogP contribution is 2.35. The summed E-state index contributed by atoms with van der Waals surface area (Å²) in [6, 6.07) is 15.7. The molecule has 1 N–H and O–H groups in total. The van der Waals surface area contributed by atoms with Gasteiger partial charge < -0.3 is 10.1 Å². The minimum absolute atomic E-state index is 0.0285. The first-order chi connectivity index (χ1) is 11.3. The molecule has 2 aromatic carbocycles. The van der Waals surface area contributed by atoms with Gasteiger partial charge in [0.1, 0.15) is 12.4 Å². The van der Waals surface area contributed by atoms with Crippen LogP contribution in [-0.2, 0) is 11.2 Å². The van der Waals surface area contributed by atoms with E-state index in [1.165, 1.54) is 11.1 Å². The van der Waals surface area contributed by atoms with Gasteiger partial charge in [-0.3, -0.25) is 4.79 Å². The maximum absolute atomic E-state index is 12.3. The Morgan fingerprint density at radius 1 is 1.26 bits per heavy atom. The molecule has 2 aromatic rings. The lowest BCUT2D eigenvalue weighted by atomic mass is 9.97. The maximum atomic E-state index is 12.3. The Morgan fingerprint density at radius 3 is 3.00 bits per heavy atom. The Bertz CT molecular complexity index is 745. The highest BCUT2D eigenvalue weighted by atomic mass is 16.5. The largest absolute Gasteiger partial charge is 0.481 e. The molecule has 0 spiro atoms. The zero-order valence-corrected chi connectivity index (χ0v) is 12.9. The highest BCUT2D eigenvalue weighted by molar-refractivity contribution is 5.91. The van der Waals surface area contributed by atoms with Crippen molar-refractivity contribution in [3.05, 3.63) is 59.7 Å². The van der Waals surface area contributed by atoms with Crippen molar-refractivity contribution in [2.24, 2.45) is 0 Å². The molecule has 3 heteroatoms. The van der Waals surface area contributed by atoms with Crippen LogP contribution in [0.1, 0.15) is 29.9 Å². The lowest BCUT2D eigenvalue weighted by Gasteiger charge is -2.12. The summed E-state index contributed by atoms with van der Waals surface area (Å²) in [6.45, 7) is 0.219. The molecule has 0 aromatic heterocycles. The topological polar surface area (TPSA) is 38.3 Å². The van der Waals surface area contributed by atoms with Gasteiger partial charge in [0.25, 0.3) is 0 Å². The Kier molecular flexibility index (Phi) is 4.63. The zero-order valence-electron chi connectivity index (χ0n) is 12.9. The molecule has 0 saturated carbocycles. The van der Waals surface area contributed by atoms with Crippen LogP contribution in [0.4, 0.5) is 5.69 Å². The van der Waals surface area contributed by atoms with Gasteiger partial charge in [-0.25, -0.2) is 0 Å². The van der Waals surface area contributed by atoms with Crippen LogP contribution < -0.4 is 10.1 Å². The van der Waals surface area contributed by atoms with E-state index >= 15 is 0 Å². The lowest BCUT2D eigenvalue weighted by Crippen LogP contribution is -2.14. The molecule has 3 rings (SSSR count). The Hall–Kier alpha value is -2.73. The Balaban J connectivity index is 1.61. The van der Waals surface area contributed by atoms with Gasteiger partial charge in [0.05, 0.1) is 0 Å². The van der Waals surface area contributed by atoms with Crippen molar-refractivity contribution in [2.75, 3.05) is 11.9 Å². The third kappa shape index (κ3) is 3.73. The number of rotatable bonds is 5. The van der Waals surface area contributed by atoms with E-state index in [1.54, 1.807) is 6.07 Å². The molecule has 0 heterocycles. The molecule has 0 saturated heterocycles. The highest BCUT2D eigenvalue weighted by Gasteiger charge is 2.24. The van der Waals surface area contributed by atoms with Crippen LogP contribution in [0, 0.1) is 12.3 Å². The molecule has 0 bridgehead atoms. The predicted molar refractivity (Wildman–Crippen MR) is 91.5 cm³/mol. The third-order valence-electron chi connectivity index (χ3n) is 4.13. The summed E-state index contributed by atoms with van der Waals surface area (Å²) in [5.41, 5.74) is 3.42. The quantitative estimate of drug-likeness (QED) is 0.854. The van der Waals surface area contributed by atoms with Crippen LogP contribution in [0.25, 0.3) is 0 Å². The molecule has 1 amide bonds. The number of terminal acetylenes is 1. The standard InChI is InChI=1S/C20H19NO2/c1-2-12-23-18-8-5-7-17(14-18)21-20(22)13-16-11-10-15-6-3-4-9-19(15)16/h1,3-9,14,16H,10-13H2,(H,21,22). The fourth-order valence-corrected chi connectivity index (χ4v) is 3.08. The van der Waals surface area contributed by atoms with Crippen LogP contribution >= 0.6 is 0 Å². The monoisotopic (exact) mass is 305 g/mol. The summed E-state index contributed by atoms with van der Waals surface area (Å²) in [7, 11) is 0. The predicted octanol–water partition coefficient (Wildman–Crippen LogP) is 3.76. The van der Waals surface area contributed by atoms with E-state index < -0.39 is 0 Å². The summed E-state index contributed by atoms with van der Waals surface area (Å²) >= 11 is 0. The second-order valence-electron chi connectivity index (χ2n) is 5.71. The summed E-state index contributed by atoms with van der Waals surface area (Å²) in [5.74, 6) is 3.42. The van der Waals surface area contributed by atoms with Gasteiger partial charge in [-0.05, 0) is 42.0 Å². The number of amides is 1. The van der Waals surface area contributed by atoms with Crippen molar-refractivity contribution in [2.45, 2.75) is 25.2 Å². The van der Waals surface area contributed by atoms with E-state index in [1.807, 2.05) is 24.3 Å². The normalized spacial score (nSPS) is 15.5. The second kappa shape index (κ2) is 7.02. The minimum atomic E-state index is 0.0285. The molecular weight excluding hydrogens is 286 g/mol. The molecule has 116 valence electrons. The molecule has 1 aliphatic rings. The van der Waals surface area contributed by atoms with Crippen LogP contribution in [0.2, 0.25) is 0 Å². The van der Waals surface area contributed by atoms with Crippen LogP contribution in [0.15, 0.2) is 48.5 Å². The number of hydrogen-bond donors (Lipinski definition) is 1. The fourth-order valence-electron chi connectivity index (χ4n) is 3.08. The van der Waals surface area contributed by atoms with E-state index in [-0.39, 0.29) is 12.5 Å². The van der Waals surface area contributed by atoms with Gasteiger partial charge in [-0.2, -0.15) is 0 Å². The molecule has 1 unspecified atom stereocenters. The first-order valence-corrected chi connectivity index (χ1v) is 7.80. The minimum Gasteiger partial charge on any atom is -0.481 e. The molecular formula is C20H19NO2. The van der Waals surface area contributed by atoms with Crippen molar-refractivity contribution in [3.8, 4) is 18.1 Å². The van der Waals surface area contributed by atoms with Gasteiger partial charge in [0, 0.05) is 18.2 Å². The summed E-state index contributed by atoms with van der Waals surface area (Å²) in [4.78, 5) is 12.3. The molecule has 1 aliphatic carbocycles. The smallest absolute Gasteiger partial charge is 0.224 e. The van der Waals surface area contributed by atoms with E-state index in [9.17, 15) is 4.79 Å². The number of hydrogen-bond acceptors (Lipinski definition) is 2. The Labute approximate surface area is 136 Å². The van der Waals surface area contributed by atoms with E-state index in [0.717, 1.165) is 18.5 Å². The van der Waals surface area contributed by atoms with E-state index in [2.05, 4.69) is 29.4 Å². The van der Waals surface area contributed by atoms with Crippen molar-refractivity contribution < 1.29 is 9.53 Å². The second-order valence-corrected chi connectivity index (χ2v) is 5.71. The van der Waals surface area contributed by atoms with Gasteiger partial charge in [-0.1, -0.05) is 36.3 Å². The van der Waals surface area contributed by atoms with Gasteiger partial charge in [0.15, 0.2) is 0 Å². The maximum Gasteiger partial charge on any atom is 0.224 e. The molecule has 0 aliphatic heterocycles. The van der Waals surface area contributed by atoms with Gasteiger partial charge in [0.2, 0.25) is 5.91 Å². The summed E-state index contributed by atoms with van der Waals surface area (Å²) < 4.78 is 5.37. The molecule has 3 nitrogen and oxygen atoms in total. The van der Waals surface area contributed by atoms with Crippen molar-refractivity contribution in [1.29, 1.82) is 0 Å². The van der Waals surface area contributed by atoms with E-state index in [0.29, 0.717) is 18.1 Å². The average Bonchev–Trinajstić information content (AvgIpc) is 2.96. The average molecular weight is 305 g/mol. The van der Waals surface area contributed by atoms with Crippen molar-refractivity contribution in [1.82, 2.24) is 0 Å². The van der Waals surface area contributed by atoms with Crippen LogP contribution in [-0.4, -0.2) is 12.5 Å². The molecule has 1 atom stereocenters. The number of ether oxygens (including phenoxy) is 1. The summed E-state index contributed by atoms with van der Waals surface area (Å²) in [6.07, 6.45) is 7.79. The Morgan fingerprint density at radius 2 is 2.13 bits per heavy atom. The lowest BCUT2D eigenvalue weighted by molar-refractivity contribution is -0.116. The first-order valence-electron chi connectivity index (χ1n) is 7.80. The number of nitrogens with one attached hydrogen (secondary N) is 1. The molecule has 0 radical (unpaired) electrons. The summed E-state index contributed by atoms with van der Waals surface area (Å²) in [5, 5.41) is 2.95. The van der Waals surface area contributed by atoms with Crippen LogP contribution in [0.5, 0.6) is 5.75 Å². The fraction of sp³-hybridized carbons (Fsp3) is 0.250. The van der Waals surface area contributed by atoms with Crippen molar-refractivity contribution in [3.63, 3.8) is 0 Å². The molecule has 23 heavy (non-hydrogen) atoms. The number of anilines is 1. The van der Waals surface area contributed by atoms with Gasteiger partial charge in [-0.15, -0.1) is 6.42 Å². The van der Waals surface area contributed by atoms with Gasteiger partial charge >= 0.3 is 0 Å². The third-order valence-corrected chi connectivity index (χ3v) is 4.13. The zero-order chi connectivity index (χ0) is 16.1. The molecule has 0 fully saturated rings. The number of carbonyl (C=O) groups excluding carboxylic acids is 1. The van der Waals surface area contributed by atoms with Crippen molar-refractivity contribution >= 4 is 11.6 Å². The number of aryl methyl sites for hydroxylation is 1. The number of carbonyl (C=O) groups is 1.